The Hall–Kier alpha value is -3.15. The van der Waals surface area contributed by atoms with Gasteiger partial charge < -0.3 is 14.0 Å². The highest BCUT2D eigenvalue weighted by Crippen LogP contribution is 2.21. The summed E-state index contributed by atoms with van der Waals surface area (Å²) >= 11 is 0. The van der Waals surface area contributed by atoms with Crippen LogP contribution in [0, 0.1) is 12.7 Å². The van der Waals surface area contributed by atoms with Gasteiger partial charge in [-0.2, -0.15) is 0 Å². The van der Waals surface area contributed by atoms with Gasteiger partial charge in [-0.3, -0.25) is 0 Å². The highest BCUT2D eigenvalue weighted by molar-refractivity contribution is 5.92. The fourth-order valence-electron chi connectivity index (χ4n) is 2.20. The molecule has 25 heavy (non-hydrogen) atoms. The molecule has 2 aromatic carbocycles. The highest BCUT2D eigenvalue weighted by atomic mass is 19.1. The first-order chi connectivity index (χ1) is 12.1. The first-order valence-electron chi connectivity index (χ1n) is 7.67. The zero-order valence-electron chi connectivity index (χ0n) is 13.6. The Morgan fingerprint density at radius 2 is 1.88 bits per heavy atom. The average molecular weight is 341 g/mol. The number of benzene rings is 2. The molecule has 0 saturated carbocycles. The van der Waals surface area contributed by atoms with E-state index in [1.807, 2.05) is 0 Å². The van der Waals surface area contributed by atoms with Gasteiger partial charge in [0.2, 0.25) is 0 Å². The number of nitrogens with zero attached hydrogens (tertiary/aromatic N) is 1. The van der Waals surface area contributed by atoms with Crippen molar-refractivity contribution in [1.82, 2.24) is 5.16 Å². The highest BCUT2D eigenvalue weighted by Gasteiger charge is 2.15. The molecule has 0 atom stereocenters. The quantitative estimate of drug-likeness (QED) is 0.633. The lowest BCUT2D eigenvalue weighted by Crippen LogP contribution is -2.08. The zero-order valence-corrected chi connectivity index (χ0v) is 13.6. The Balaban J connectivity index is 1.65. The minimum Gasteiger partial charge on any atom is -0.488 e. The van der Waals surface area contributed by atoms with E-state index < -0.39 is 5.97 Å². The maximum absolute atomic E-state index is 12.9. The number of halogens is 1. The maximum Gasteiger partial charge on any atom is 0.342 e. The number of hydrogen-bond donors (Lipinski definition) is 0. The summed E-state index contributed by atoms with van der Waals surface area (Å²) in [4.78, 5) is 12.3. The number of aromatic nitrogens is 1. The maximum atomic E-state index is 12.9. The second-order valence-electron chi connectivity index (χ2n) is 5.42. The number of ether oxygens (including phenoxy) is 2. The van der Waals surface area contributed by atoms with Crippen LogP contribution in [0.15, 0.2) is 59.1 Å². The number of rotatable bonds is 6. The molecule has 128 valence electrons. The van der Waals surface area contributed by atoms with Gasteiger partial charge in [-0.1, -0.05) is 29.4 Å². The standard InChI is InChI=1S/C19H16FNO4/c1-13-10-16(25-21-13)12-24-19(22)17-4-2-3-5-18(17)23-11-14-6-8-15(20)9-7-14/h2-10H,11-12H2,1H3. The molecule has 1 aromatic heterocycles. The predicted octanol–water partition coefficient (Wildman–Crippen LogP) is 4.06. The third-order valence-electron chi connectivity index (χ3n) is 3.44. The molecule has 0 spiro atoms. The lowest BCUT2D eigenvalue weighted by molar-refractivity contribution is 0.0432. The van der Waals surface area contributed by atoms with Gasteiger partial charge in [0, 0.05) is 6.07 Å². The van der Waals surface area contributed by atoms with E-state index in [1.165, 1.54) is 12.1 Å². The lowest BCUT2D eigenvalue weighted by Gasteiger charge is -2.11. The number of esters is 1. The van der Waals surface area contributed by atoms with Crippen molar-refractivity contribution in [3.63, 3.8) is 0 Å². The van der Waals surface area contributed by atoms with E-state index in [-0.39, 0.29) is 19.0 Å². The molecule has 0 aliphatic rings. The van der Waals surface area contributed by atoms with Crippen LogP contribution in [-0.4, -0.2) is 11.1 Å². The molecule has 0 fully saturated rings. The molecule has 0 N–H and O–H groups in total. The largest absolute Gasteiger partial charge is 0.488 e. The predicted molar refractivity (Wildman–Crippen MR) is 87.5 cm³/mol. The van der Waals surface area contributed by atoms with Crippen molar-refractivity contribution < 1.29 is 23.2 Å². The Morgan fingerprint density at radius 1 is 1.12 bits per heavy atom. The molecule has 3 aromatic rings. The molecule has 0 aliphatic heterocycles. The fraction of sp³-hybridized carbons (Fsp3) is 0.158. The van der Waals surface area contributed by atoms with Crippen LogP contribution < -0.4 is 4.74 Å². The third-order valence-corrected chi connectivity index (χ3v) is 3.44. The van der Waals surface area contributed by atoms with Crippen LogP contribution in [0.4, 0.5) is 4.39 Å². The van der Waals surface area contributed by atoms with Crippen molar-refractivity contribution in [2.24, 2.45) is 0 Å². The topological polar surface area (TPSA) is 61.6 Å². The van der Waals surface area contributed by atoms with Crippen molar-refractivity contribution in [2.75, 3.05) is 0 Å². The molecular weight excluding hydrogens is 325 g/mol. The van der Waals surface area contributed by atoms with Crippen LogP contribution in [0.25, 0.3) is 0 Å². The Morgan fingerprint density at radius 3 is 2.60 bits per heavy atom. The van der Waals surface area contributed by atoms with Crippen LogP contribution in [-0.2, 0) is 18.0 Å². The van der Waals surface area contributed by atoms with Gasteiger partial charge in [0.05, 0.1) is 5.69 Å². The van der Waals surface area contributed by atoms with Gasteiger partial charge in [0.25, 0.3) is 0 Å². The summed E-state index contributed by atoms with van der Waals surface area (Å²) in [7, 11) is 0. The van der Waals surface area contributed by atoms with Crippen molar-refractivity contribution >= 4 is 5.97 Å². The molecular formula is C19H16FNO4. The van der Waals surface area contributed by atoms with Crippen molar-refractivity contribution in [3.8, 4) is 5.75 Å². The van der Waals surface area contributed by atoms with Crippen molar-refractivity contribution in [3.05, 3.63) is 83.0 Å². The molecule has 5 nitrogen and oxygen atoms in total. The molecule has 6 heteroatoms. The Kier molecular flexibility index (Phi) is 5.09. The molecule has 3 rings (SSSR count). The monoisotopic (exact) mass is 341 g/mol. The van der Waals surface area contributed by atoms with E-state index in [9.17, 15) is 9.18 Å². The van der Waals surface area contributed by atoms with E-state index in [4.69, 9.17) is 14.0 Å². The van der Waals surface area contributed by atoms with E-state index in [2.05, 4.69) is 5.16 Å². The van der Waals surface area contributed by atoms with Gasteiger partial charge in [-0.05, 0) is 36.8 Å². The van der Waals surface area contributed by atoms with Gasteiger partial charge >= 0.3 is 5.97 Å². The summed E-state index contributed by atoms with van der Waals surface area (Å²) in [6.45, 7) is 1.99. The van der Waals surface area contributed by atoms with Crippen LogP contribution in [0.1, 0.15) is 27.4 Å². The van der Waals surface area contributed by atoms with Gasteiger partial charge in [-0.15, -0.1) is 0 Å². The van der Waals surface area contributed by atoms with E-state index in [0.29, 0.717) is 22.8 Å². The average Bonchev–Trinajstić information content (AvgIpc) is 3.05. The second kappa shape index (κ2) is 7.61. The molecule has 0 amide bonds. The minimum atomic E-state index is -0.524. The number of aryl methyl sites for hydroxylation is 1. The number of para-hydroxylation sites is 1. The summed E-state index contributed by atoms with van der Waals surface area (Å²) in [6.07, 6.45) is 0. The molecule has 0 aliphatic carbocycles. The van der Waals surface area contributed by atoms with Crippen LogP contribution >= 0.6 is 0 Å². The first kappa shape index (κ1) is 16.7. The lowest BCUT2D eigenvalue weighted by atomic mass is 10.2. The van der Waals surface area contributed by atoms with E-state index >= 15 is 0 Å². The Bertz CT molecular complexity index is 858. The summed E-state index contributed by atoms with van der Waals surface area (Å²) in [6, 6.07) is 14.5. The number of carbonyl (C=O) groups excluding carboxylic acids is 1. The van der Waals surface area contributed by atoms with Crippen LogP contribution in [0.3, 0.4) is 0 Å². The van der Waals surface area contributed by atoms with Crippen LogP contribution in [0.2, 0.25) is 0 Å². The Labute approximate surface area is 144 Å². The summed E-state index contributed by atoms with van der Waals surface area (Å²) in [5.74, 6) is 0.0280. The molecule has 0 bridgehead atoms. The summed E-state index contributed by atoms with van der Waals surface area (Å²) in [5, 5.41) is 3.74. The second-order valence-corrected chi connectivity index (χ2v) is 5.42. The van der Waals surface area contributed by atoms with Crippen molar-refractivity contribution in [1.29, 1.82) is 0 Å². The first-order valence-corrected chi connectivity index (χ1v) is 7.67. The van der Waals surface area contributed by atoms with Gasteiger partial charge in [-0.25, -0.2) is 9.18 Å². The van der Waals surface area contributed by atoms with Gasteiger partial charge in [0.15, 0.2) is 12.4 Å². The summed E-state index contributed by atoms with van der Waals surface area (Å²) < 4.78 is 28.9. The van der Waals surface area contributed by atoms with Crippen LogP contribution in [0.5, 0.6) is 5.75 Å². The van der Waals surface area contributed by atoms with E-state index in [1.54, 1.807) is 49.4 Å². The summed E-state index contributed by atoms with van der Waals surface area (Å²) in [5.41, 5.74) is 1.82. The molecule has 0 radical (unpaired) electrons. The molecule has 0 saturated heterocycles. The van der Waals surface area contributed by atoms with Crippen molar-refractivity contribution in [2.45, 2.75) is 20.1 Å². The minimum absolute atomic E-state index is 0.00797. The normalized spacial score (nSPS) is 10.5. The fourth-order valence-corrected chi connectivity index (χ4v) is 2.20. The zero-order chi connectivity index (χ0) is 17.6. The van der Waals surface area contributed by atoms with E-state index in [0.717, 1.165) is 5.56 Å². The molecule has 1 heterocycles. The number of carbonyl (C=O) groups is 1. The SMILES string of the molecule is Cc1cc(COC(=O)c2ccccc2OCc2ccc(F)cc2)on1. The smallest absolute Gasteiger partial charge is 0.342 e. The molecule has 0 unspecified atom stereocenters. The number of hydrogen-bond acceptors (Lipinski definition) is 5. The third kappa shape index (κ3) is 4.44. The van der Waals surface area contributed by atoms with Gasteiger partial charge in [0.1, 0.15) is 23.7 Å².